The van der Waals surface area contributed by atoms with Gasteiger partial charge in [0.1, 0.15) is 71.4 Å². The van der Waals surface area contributed by atoms with E-state index in [4.69, 9.17) is 18.9 Å². The Morgan fingerprint density at radius 1 is 0.490 bits per heavy atom. The number of fused-ring (bicyclic) bond motifs is 2. The van der Waals surface area contributed by atoms with Crippen molar-refractivity contribution in [1.82, 2.24) is 69.9 Å². The molecule has 4 amide bonds. The number of esters is 2. The molecule has 0 radical (unpaired) electrons. The van der Waals surface area contributed by atoms with Gasteiger partial charge in [-0.1, -0.05) is 116 Å². The number of carbonyl (C=O) groups excluding carboxylic acids is 5. The minimum atomic E-state index is -4.35. The smallest absolute Gasteiger partial charge is 0.748 e. The van der Waals surface area contributed by atoms with Crippen LogP contribution in [0.15, 0.2) is 87.2 Å². The first kappa shape index (κ1) is 84.2. The maximum absolute atomic E-state index is 13.9. The number of unbranched alkanes of at least 4 members (excludes halogenated alkanes) is 9. The van der Waals surface area contributed by atoms with Crippen LogP contribution in [0, 0.1) is 0 Å². The number of rotatable bonds is 41. The topological polar surface area (TPSA) is 399 Å². The molecule has 31 nitrogen and oxygen atoms in total. The number of aryl methyl sites for hydroxylation is 2. The van der Waals surface area contributed by atoms with Gasteiger partial charge in [0.2, 0.25) is 0 Å². The molecule has 0 aliphatic rings. The number of ether oxygens (including phenoxy) is 4. The fraction of sp³-hybridized carbons (Fsp3) is 0.549. The van der Waals surface area contributed by atoms with Crippen LogP contribution in [-0.4, -0.2) is 180 Å². The van der Waals surface area contributed by atoms with E-state index in [1.54, 1.807) is 24.1 Å². The molecule has 0 atom stereocenters. The molecule has 0 aliphatic heterocycles. The number of nitrogens with one attached hydrogen (secondary N) is 4. The van der Waals surface area contributed by atoms with Crippen LogP contribution in [0.5, 0.6) is 11.5 Å². The number of nitrogens with zero attached hydrogens (tertiary/aromatic N) is 10. The summed E-state index contributed by atoms with van der Waals surface area (Å²) in [4.78, 5) is 109. The molecule has 0 bridgehead atoms. The standard InChI is InChI=1S/C71H100N14O17S.Na/c1-70(2,3)52-46-50(48-58(62(52)88)84-76-54-24-14-15-25-55(54)77-84)28-30-60(86)99-41-43-101-65(91)74-33-19-9-12-22-37-82-67(93)81(36-21-11-8-18-32-72-64(90)73-35-39-80(7)40-45-103(96,97)98)68(94)83(69(82)95)38-23-13-10-20-34-75-66(92)102-44-42-100-61(87)31-29-51-47-53(71(4,5)6)63(89)59(49-51)85-78-56-26-16-17-27-57(56)79-85;/h14-17,24-27,46-49,88-89H,8-13,18-23,28-45H2,1-7H3,(H,74,91)(H,75,92)(H2,72,73,90)(H,96,97,98);/q;+1/p-1. The van der Waals surface area contributed by atoms with Crippen LogP contribution in [0.2, 0.25) is 0 Å². The Bertz CT molecular complexity index is 4010. The molecule has 4 aromatic carbocycles. The molecule has 0 saturated heterocycles. The monoisotopic (exact) mass is 1470 g/mol. The second-order valence-corrected chi connectivity index (χ2v) is 28.9. The maximum Gasteiger partial charge on any atom is 1.00 e. The average Bonchev–Trinajstić information content (AvgIpc) is 1.38. The van der Waals surface area contributed by atoms with Crippen molar-refractivity contribution in [2.45, 2.75) is 175 Å². The van der Waals surface area contributed by atoms with Gasteiger partial charge in [-0.3, -0.25) is 9.59 Å². The molecule has 3 heterocycles. The third kappa shape index (κ3) is 27.1. The van der Waals surface area contributed by atoms with Crippen molar-refractivity contribution in [2.24, 2.45) is 0 Å². The van der Waals surface area contributed by atoms with E-state index >= 15 is 0 Å². The minimum Gasteiger partial charge on any atom is -0.748 e. The van der Waals surface area contributed by atoms with E-state index in [0.717, 1.165) is 24.8 Å². The van der Waals surface area contributed by atoms with Crippen molar-refractivity contribution in [3.63, 3.8) is 0 Å². The second-order valence-electron chi connectivity index (χ2n) is 27.3. The van der Waals surface area contributed by atoms with Crippen LogP contribution in [0.4, 0.5) is 14.4 Å². The van der Waals surface area contributed by atoms with E-state index in [-0.39, 0.29) is 126 Å². The molecular formula is C71H99N14NaO17S. The zero-order valence-corrected chi connectivity index (χ0v) is 63.9. The van der Waals surface area contributed by atoms with Crippen LogP contribution in [0.25, 0.3) is 33.4 Å². The van der Waals surface area contributed by atoms with Gasteiger partial charge in [-0.2, -0.15) is 0 Å². The van der Waals surface area contributed by atoms with E-state index in [0.29, 0.717) is 148 Å². The molecule has 0 unspecified atom stereocenters. The molecule has 562 valence electrons. The summed E-state index contributed by atoms with van der Waals surface area (Å²) in [5, 5.41) is 51.5. The zero-order chi connectivity index (χ0) is 74.7. The van der Waals surface area contributed by atoms with Gasteiger partial charge in [0.05, 0.1) is 15.9 Å². The summed E-state index contributed by atoms with van der Waals surface area (Å²) < 4.78 is 57.1. The Kier molecular flexibility index (Phi) is 33.3. The summed E-state index contributed by atoms with van der Waals surface area (Å²) in [5.41, 5.74) is 3.29. The van der Waals surface area contributed by atoms with Crippen molar-refractivity contribution in [3.05, 3.63) is 127 Å². The number of benzene rings is 4. The predicted octanol–water partition coefficient (Wildman–Crippen LogP) is 3.91. The Balaban J connectivity index is 0.0000170. The van der Waals surface area contributed by atoms with E-state index in [9.17, 15) is 61.5 Å². The number of phenolic OH excluding ortho intramolecular Hbond substituents is 2. The number of carbonyl (C=O) groups is 5. The summed E-state index contributed by atoms with van der Waals surface area (Å²) in [6.45, 7) is 12.8. The molecule has 0 spiro atoms. The molecule has 104 heavy (non-hydrogen) atoms. The predicted molar refractivity (Wildman–Crippen MR) is 384 cm³/mol. The largest absolute Gasteiger partial charge is 1.00 e. The maximum atomic E-state index is 13.9. The summed E-state index contributed by atoms with van der Waals surface area (Å²) in [5.74, 6) is -1.44. The number of hydrogen-bond donors (Lipinski definition) is 6. The van der Waals surface area contributed by atoms with E-state index in [1.807, 2.05) is 102 Å². The number of likely N-dealkylation sites (N-methyl/N-ethyl adjacent to an activating group) is 1. The Morgan fingerprint density at radius 2 is 0.827 bits per heavy atom. The quantitative estimate of drug-likeness (QED) is 0.0104. The first-order valence-electron chi connectivity index (χ1n) is 35.1. The van der Waals surface area contributed by atoms with Crippen LogP contribution in [0.1, 0.15) is 154 Å². The molecule has 3 aromatic heterocycles. The van der Waals surface area contributed by atoms with Gasteiger partial charge >= 0.3 is 76.8 Å². The molecule has 0 fully saturated rings. The molecule has 0 saturated carbocycles. The minimum absolute atomic E-state index is 0. The van der Waals surface area contributed by atoms with Gasteiger partial charge in [-0.05, 0) is 117 Å². The van der Waals surface area contributed by atoms with Crippen molar-refractivity contribution in [3.8, 4) is 22.9 Å². The Morgan fingerprint density at radius 3 is 1.18 bits per heavy atom. The first-order chi connectivity index (χ1) is 49.1. The number of aromatic nitrogens is 9. The summed E-state index contributed by atoms with van der Waals surface area (Å²) in [6, 6.07) is 21.5. The van der Waals surface area contributed by atoms with Gasteiger partial charge in [0, 0.05) is 82.9 Å². The molecule has 7 rings (SSSR count). The molecule has 0 aliphatic carbocycles. The normalized spacial score (nSPS) is 11.7. The third-order valence-corrected chi connectivity index (χ3v) is 17.6. The summed E-state index contributed by atoms with van der Waals surface area (Å²) in [6.07, 6.45) is 5.93. The SMILES string of the molecule is CN(CCNC(=O)NCCCCCCn1c(=O)n(CCCCCCNC(=O)OCCOC(=O)CCc2cc(-n3nc4ccccc4n3)c(O)c(C(C)(C)C)c2)c(=O)n(CCCCCCNC(=O)OCCOC(=O)CCc2cc(-n3nc4ccccc4n3)c(O)c(C(C)(C)C)c2)c1=O)CCS(=O)(=O)[O-].[Na+]. The Labute approximate surface area is 626 Å². The van der Waals surface area contributed by atoms with Crippen LogP contribution in [0.3, 0.4) is 0 Å². The second kappa shape index (κ2) is 41.1. The van der Waals surface area contributed by atoms with Gasteiger partial charge in [-0.15, -0.1) is 30.0 Å². The third-order valence-electron chi connectivity index (χ3n) is 17.0. The number of hydrogen-bond acceptors (Lipinski definition) is 22. The number of alkyl carbamates (subject to hydrolysis) is 2. The van der Waals surface area contributed by atoms with Crippen LogP contribution < -0.4 is 67.9 Å². The van der Waals surface area contributed by atoms with E-state index in [2.05, 4.69) is 41.7 Å². The Hall–Kier alpha value is -8.69. The summed E-state index contributed by atoms with van der Waals surface area (Å²) >= 11 is 0. The fourth-order valence-electron chi connectivity index (χ4n) is 11.2. The zero-order valence-electron chi connectivity index (χ0n) is 61.0. The van der Waals surface area contributed by atoms with Gasteiger partial charge < -0.3 is 59.9 Å². The molecule has 7 aromatic rings. The number of aromatic hydroxyl groups is 2. The van der Waals surface area contributed by atoms with Crippen molar-refractivity contribution >= 4 is 62.3 Å². The van der Waals surface area contributed by atoms with Gasteiger partial charge in [0.15, 0.2) is 0 Å². The fourth-order valence-corrected chi connectivity index (χ4v) is 11.8. The number of phenols is 2. The van der Waals surface area contributed by atoms with Crippen molar-refractivity contribution in [1.29, 1.82) is 0 Å². The van der Waals surface area contributed by atoms with Gasteiger partial charge in [-0.25, -0.2) is 50.9 Å². The number of urea groups is 1. The molecule has 6 N–H and O–H groups in total. The molecule has 33 heteroatoms. The van der Waals surface area contributed by atoms with Crippen molar-refractivity contribution in [2.75, 3.05) is 78.5 Å². The van der Waals surface area contributed by atoms with Crippen LogP contribution >= 0.6 is 0 Å². The average molecular weight is 1480 g/mol. The van der Waals surface area contributed by atoms with Crippen LogP contribution in [-0.2, 0) is 82.0 Å². The van der Waals surface area contributed by atoms with Gasteiger partial charge in [0.25, 0.3) is 0 Å². The summed E-state index contributed by atoms with van der Waals surface area (Å²) in [7, 11) is -2.71. The van der Waals surface area contributed by atoms with Crippen molar-refractivity contribution < 1.29 is 95.7 Å². The number of amides is 4. The first-order valence-corrected chi connectivity index (χ1v) is 36.7. The van der Waals surface area contributed by atoms with E-state index in [1.165, 1.54) is 9.59 Å². The molecular weight excluding hydrogens is 1380 g/mol. The van der Waals surface area contributed by atoms with E-state index < -0.39 is 73.9 Å².